The van der Waals surface area contributed by atoms with E-state index in [0.29, 0.717) is 5.52 Å². The molecular weight excluding hydrogens is 308 g/mol. The quantitative estimate of drug-likeness (QED) is 0.409. The maximum Gasteiger partial charge on any atom is 0.420 e. The van der Waals surface area contributed by atoms with Gasteiger partial charge in [0.15, 0.2) is 5.58 Å². The van der Waals surface area contributed by atoms with Crippen LogP contribution >= 0.6 is 0 Å². The zero-order chi connectivity index (χ0) is 16.6. The maximum atomic E-state index is 12.0. The van der Waals surface area contributed by atoms with E-state index in [-0.39, 0.29) is 29.1 Å². The van der Waals surface area contributed by atoms with Gasteiger partial charge in [0.2, 0.25) is 0 Å². The van der Waals surface area contributed by atoms with E-state index in [0.717, 1.165) is 6.07 Å². The second-order valence-corrected chi connectivity index (χ2v) is 4.61. The lowest BCUT2D eigenvalue weighted by Gasteiger charge is -2.02. The van der Waals surface area contributed by atoms with Crippen molar-refractivity contribution in [2.45, 2.75) is 6.54 Å². The van der Waals surface area contributed by atoms with E-state index in [9.17, 15) is 19.7 Å². The number of rotatable bonds is 4. The monoisotopic (exact) mass is 318 g/mol. The second-order valence-electron chi connectivity index (χ2n) is 4.61. The first-order valence-electron chi connectivity index (χ1n) is 6.43. The van der Waals surface area contributed by atoms with Crippen LogP contribution in [0.1, 0.15) is 16.1 Å². The molecule has 0 saturated heterocycles. The minimum atomic E-state index is -0.715. The van der Waals surface area contributed by atoms with E-state index < -0.39 is 16.6 Å². The number of carbonyl (C=O) groups is 1. The Balaban J connectivity index is 2.06. The molecule has 9 heteroatoms. The number of nitro benzene ring substituents is 1. The molecule has 0 N–H and O–H groups in total. The summed E-state index contributed by atoms with van der Waals surface area (Å²) in [6, 6.07) is 5.26. The van der Waals surface area contributed by atoms with E-state index in [1.54, 1.807) is 0 Å². The Morgan fingerprint density at radius 3 is 2.87 bits per heavy atom. The minimum absolute atomic E-state index is 0.0684. The number of carbonyl (C=O) groups excluding carboxylic acids is 1. The Hall–Kier alpha value is -3.36. The molecule has 0 spiro atoms. The van der Waals surface area contributed by atoms with E-state index in [4.69, 9.17) is 8.83 Å². The first-order chi connectivity index (χ1) is 11.0. The van der Waals surface area contributed by atoms with Gasteiger partial charge in [-0.25, -0.2) is 9.59 Å². The van der Waals surface area contributed by atoms with Gasteiger partial charge in [-0.3, -0.25) is 14.7 Å². The van der Waals surface area contributed by atoms with Crippen LogP contribution in [0.15, 0.2) is 44.2 Å². The molecule has 118 valence electrons. The standard InChI is InChI=1S/C14H10N2O7/c1-21-13(17)9-4-5-22-12(9)7-15-10-3-2-8(16(19)20)6-11(10)23-14(15)18/h2-6H,7H2,1H3. The molecule has 0 atom stereocenters. The first-order valence-corrected chi connectivity index (χ1v) is 6.43. The van der Waals surface area contributed by atoms with Gasteiger partial charge >= 0.3 is 11.7 Å². The molecule has 0 fully saturated rings. The van der Waals surface area contributed by atoms with Crippen molar-refractivity contribution in [1.29, 1.82) is 0 Å². The average molecular weight is 318 g/mol. The van der Waals surface area contributed by atoms with Crippen molar-refractivity contribution in [3.05, 3.63) is 62.5 Å². The number of ether oxygens (including phenoxy) is 1. The van der Waals surface area contributed by atoms with Crippen LogP contribution in [0.3, 0.4) is 0 Å². The predicted octanol–water partition coefficient (Wildman–Crippen LogP) is 1.93. The highest BCUT2D eigenvalue weighted by Crippen LogP contribution is 2.21. The van der Waals surface area contributed by atoms with Gasteiger partial charge in [-0.15, -0.1) is 0 Å². The van der Waals surface area contributed by atoms with Gasteiger partial charge in [0, 0.05) is 6.07 Å². The van der Waals surface area contributed by atoms with E-state index >= 15 is 0 Å². The van der Waals surface area contributed by atoms with Crippen molar-refractivity contribution in [2.75, 3.05) is 7.11 Å². The number of methoxy groups -OCH3 is 1. The first kappa shape index (κ1) is 14.6. The van der Waals surface area contributed by atoms with Crippen molar-refractivity contribution >= 4 is 22.8 Å². The number of nitro groups is 1. The number of oxazole rings is 1. The van der Waals surface area contributed by atoms with Crippen LogP contribution in [-0.2, 0) is 11.3 Å². The number of benzene rings is 1. The highest BCUT2D eigenvalue weighted by molar-refractivity contribution is 5.90. The molecule has 3 rings (SSSR count). The molecule has 0 radical (unpaired) electrons. The molecule has 0 aliphatic heterocycles. The molecule has 0 saturated carbocycles. The molecule has 23 heavy (non-hydrogen) atoms. The summed E-state index contributed by atoms with van der Waals surface area (Å²) < 4.78 is 16.1. The maximum absolute atomic E-state index is 12.0. The van der Waals surface area contributed by atoms with Crippen LogP contribution in [0.4, 0.5) is 5.69 Å². The van der Waals surface area contributed by atoms with E-state index in [1.807, 2.05) is 0 Å². The Labute approximate surface area is 127 Å². The molecule has 1 aromatic carbocycles. The molecule has 0 bridgehead atoms. The van der Waals surface area contributed by atoms with Gasteiger partial charge in [-0.1, -0.05) is 0 Å². The van der Waals surface area contributed by atoms with Gasteiger partial charge in [-0.2, -0.15) is 0 Å². The number of non-ortho nitro benzene ring substituents is 1. The zero-order valence-electron chi connectivity index (χ0n) is 11.8. The second kappa shape index (κ2) is 5.44. The van der Waals surface area contributed by atoms with Gasteiger partial charge in [0.25, 0.3) is 5.69 Å². The Bertz CT molecular complexity index is 963. The molecule has 0 aliphatic carbocycles. The van der Waals surface area contributed by atoms with Crippen molar-refractivity contribution in [3.8, 4) is 0 Å². The topological polar surface area (TPSA) is 118 Å². The lowest BCUT2D eigenvalue weighted by molar-refractivity contribution is -0.384. The lowest BCUT2D eigenvalue weighted by atomic mass is 10.2. The van der Waals surface area contributed by atoms with E-state index in [1.165, 1.54) is 36.1 Å². The van der Waals surface area contributed by atoms with Crippen LogP contribution in [0.25, 0.3) is 11.1 Å². The molecule has 2 aromatic heterocycles. The van der Waals surface area contributed by atoms with Crippen LogP contribution < -0.4 is 5.76 Å². The lowest BCUT2D eigenvalue weighted by Crippen LogP contribution is -2.16. The number of hydrogen-bond donors (Lipinski definition) is 0. The number of fused-ring (bicyclic) bond motifs is 1. The Morgan fingerprint density at radius 2 is 2.17 bits per heavy atom. The van der Waals surface area contributed by atoms with Gasteiger partial charge in [-0.05, 0) is 12.1 Å². The number of aromatic nitrogens is 1. The smallest absolute Gasteiger partial charge is 0.420 e. The Kier molecular flexibility index (Phi) is 3.45. The molecule has 0 unspecified atom stereocenters. The summed E-state index contributed by atoms with van der Waals surface area (Å²) in [5, 5.41) is 10.8. The third-order valence-electron chi connectivity index (χ3n) is 3.32. The van der Waals surface area contributed by atoms with Crippen LogP contribution in [0.5, 0.6) is 0 Å². The summed E-state index contributed by atoms with van der Waals surface area (Å²) in [6.07, 6.45) is 1.31. The van der Waals surface area contributed by atoms with Crippen LogP contribution in [0.2, 0.25) is 0 Å². The average Bonchev–Trinajstić information content (AvgIpc) is 3.11. The molecule has 2 heterocycles. The Morgan fingerprint density at radius 1 is 1.39 bits per heavy atom. The number of nitrogens with zero attached hydrogens (tertiary/aromatic N) is 2. The fourth-order valence-corrected chi connectivity index (χ4v) is 2.22. The summed E-state index contributed by atoms with van der Waals surface area (Å²) >= 11 is 0. The van der Waals surface area contributed by atoms with E-state index in [2.05, 4.69) is 4.74 Å². The SMILES string of the molecule is COC(=O)c1ccoc1Cn1c(=O)oc2cc([N+](=O)[O-])ccc21. The predicted molar refractivity (Wildman–Crippen MR) is 76.3 cm³/mol. The number of esters is 1. The largest absolute Gasteiger partial charge is 0.467 e. The molecule has 3 aromatic rings. The summed E-state index contributed by atoms with van der Waals surface area (Å²) in [5.74, 6) is -1.09. The molecular formula is C14H10N2O7. The molecule has 9 nitrogen and oxygen atoms in total. The highest BCUT2D eigenvalue weighted by atomic mass is 16.6. The number of hydrogen-bond acceptors (Lipinski definition) is 7. The van der Waals surface area contributed by atoms with Crippen molar-refractivity contribution in [2.24, 2.45) is 0 Å². The summed E-state index contributed by atoms with van der Waals surface area (Å²) in [7, 11) is 1.23. The summed E-state index contributed by atoms with van der Waals surface area (Å²) in [4.78, 5) is 33.8. The molecule has 0 aliphatic rings. The summed E-state index contributed by atoms with van der Waals surface area (Å²) in [6.45, 7) is -0.0684. The van der Waals surface area contributed by atoms with Crippen LogP contribution in [0, 0.1) is 10.1 Å². The van der Waals surface area contributed by atoms with Crippen LogP contribution in [-0.4, -0.2) is 22.6 Å². The third kappa shape index (κ3) is 2.48. The van der Waals surface area contributed by atoms with Crippen molar-refractivity contribution in [1.82, 2.24) is 4.57 Å². The highest BCUT2D eigenvalue weighted by Gasteiger charge is 2.19. The fraction of sp³-hybridized carbons (Fsp3) is 0.143. The normalized spacial score (nSPS) is 10.8. The third-order valence-corrected chi connectivity index (χ3v) is 3.32. The summed E-state index contributed by atoms with van der Waals surface area (Å²) in [5.41, 5.74) is 0.436. The van der Waals surface area contributed by atoms with Crippen molar-refractivity contribution < 1.29 is 23.3 Å². The van der Waals surface area contributed by atoms with Crippen molar-refractivity contribution in [3.63, 3.8) is 0 Å². The molecule has 0 amide bonds. The van der Waals surface area contributed by atoms with Gasteiger partial charge in [0.1, 0.15) is 11.3 Å². The fourth-order valence-electron chi connectivity index (χ4n) is 2.22. The van der Waals surface area contributed by atoms with Gasteiger partial charge in [0.05, 0.1) is 36.4 Å². The zero-order valence-corrected chi connectivity index (χ0v) is 11.8. The minimum Gasteiger partial charge on any atom is -0.467 e. The van der Waals surface area contributed by atoms with Gasteiger partial charge < -0.3 is 13.6 Å². The number of furan rings is 1.